The number of aliphatic imine (C=N–C) groups is 1. The predicted molar refractivity (Wildman–Crippen MR) is 148 cm³/mol. The van der Waals surface area contributed by atoms with Crippen LogP contribution in [0, 0.1) is 0 Å². The van der Waals surface area contributed by atoms with Crippen LogP contribution in [-0.4, -0.2) is 120 Å². The molecule has 4 aliphatic rings. The summed E-state index contributed by atoms with van der Waals surface area (Å²) in [6.45, 7) is 4.49. The molecule has 0 aliphatic carbocycles. The molecule has 4 heterocycles. The van der Waals surface area contributed by atoms with Gasteiger partial charge in [0.2, 0.25) is 0 Å². The molecule has 7 N–H and O–H groups in total. The van der Waals surface area contributed by atoms with Gasteiger partial charge in [0.15, 0.2) is 0 Å². The summed E-state index contributed by atoms with van der Waals surface area (Å²) in [5, 5.41) is 48.3. The van der Waals surface area contributed by atoms with E-state index in [1.807, 2.05) is 0 Å². The summed E-state index contributed by atoms with van der Waals surface area (Å²) in [5.41, 5.74) is 0.756. The minimum absolute atomic E-state index is 0.0168. The Morgan fingerprint density at radius 1 is 0.872 bits per heavy atom. The fourth-order valence-corrected chi connectivity index (χ4v) is 5.93. The van der Waals surface area contributed by atoms with Crippen LogP contribution in [0.25, 0.3) is 0 Å². The molecule has 0 saturated carbocycles. The van der Waals surface area contributed by atoms with Gasteiger partial charge in [0.1, 0.15) is 12.1 Å². The standard InChI is InChI=1S/C26H37BrN8O4/c27-18-10-16(23(38)28-12-19-1-5-34-7-3-21(14-36)32-25(34)30-19)9-17(11-18)24(39)29-13-20-2-6-35-8-4-22(15-37)33-26(35)31-20/h9-11,19-22,36-37H,1-8,12-15H2,(H4,28,29,30,31,32,33,38,39)/p+1/t19-,20-,21-,22-/m0/s1. The second kappa shape index (κ2) is 12.5. The van der Waals surface area contributed by atoms with E-state index in [9.17, 15) is 20.1 Å². The van der Waals surface area contributed by atoms with Crippen molar-refractivity contribution in [2.24, 2.45) is 4.99 Å². The van der Waals surface area contributed by atoms with E-state index in [1.165, 1.54) is 0 Å². The second-order valence-electron chi connectivity index (χ2n) is 10.6. The van der Waals surface area contributed by atoms with Gasteiger partial charge in [-0.2, -0.15) is 0 Å². The zero-order chi connectivity index (χ0) is 27.4. The van der Waals surface area contributed by atoms with Gasteiger partial charge in [-0.15, -0.1) is 0 Å². The summed E-state index contributed by atoms with van der Waals surface area (Å²) in [6.07, 6.45) is 3.54. The number of carbonyl (C=O) groups excluding carboxylic acids is 1. The molecule has 5 rings (SSSR count). The third kappa shape index (κ3) is 6.82. The van der Waals surface area contributed by atoms with Crippen molar-refractivity contribution in [1.82, 2.24) is 26.6 Å². The van der Waals surface area contributed by atoms with Gasteiger partial charge in [0.25, 0.3) is 5.91 Å². The summed E-state index contributed by atoms with van der Waals surface area (Å²) in [6, 6.07) is 5.14. The van der Waals surface area contributed by atoms with Gasteiger partial charge in [0, 0.05) is 35.7 Å². The number of rotatable bonds is 8. The van der Waals surface area contributed by atoms with Crippen LogP contribution in [0.2, 0.25) is 0 Å². The number of nitrogens with zero attached hydrogens (tertiary/aromatic N) is 3. The number of nitrogens with one attached hydrogen (secondary N) is 5. The van der Waals surface area contributed by atoms with Gasteiger partial charge in [-0.3, -0.25) is 40.2 Å². The minimum atomic E-state index is -0.364. The summed E-state index contributed by atoms with van der Waals surface area (Å²) in [4.78, 5) is 17.3. The molecule has 4 aliphatic heterocycles. The molecule has 0 aromatic heterocycles. The lowest BCUT2D eigenvalue weighted by Crippen LogP contribution is -2.61. The number of aliphatic hydroxyl groups excluding tert-OH is 2. The Labute approximate surface area is 236 Å². The number of amides is 1. The van der Waals surface area contributed by atoms with Crippen LogP contribution in [0.5, 0.6) is 0 Å². The maximum atomic E-state index is 13.0. The molecule has 1 aromatic carbocycles. The molecular weight excluding hydrogens is 568 g/mol. The number of benzene rings is 1. The monoisotopic (exact) mass is 605 g/mol. The number of halogens is 1. The van der Waals surface area contributed by atoms with E-state index >= 15 is 0 Å². The van der Waals surface area contributed by atoms with Gasteiger partial charge in [0.05, 0.1) is 64.6 Å². The molecule has 0 saturated heterocycles. The molecule has 1 aromatic rings. The molecule has 0 spiro atoms. The quantitative estimate of drug-likeness (QED) is 0.0969. The zero-order valence-electron chi connectivity index (χ0n) is 22.0. The van der Waals surface area contributed by atoms with Crippen LogP contribution >= 0.6 is 15.9 Å². The van der Waals surface area contributed by atoms with Crippen LogP contribution in [0.15, 0.2) is 27.7 Å². The first-order valence-corrected chi connectivity index (χ1v) is 14.5. The first-order chi connectivity index (χ1) is 18.9. The van der Waals surface area contributed by atoms with E-state index in [-0.39, 0.29) is 49.2 Å². The minimum Gasteiger partial charge on any atom is -0.858 e. The van der Waals surface area contributed by atoms with Gasteiger partial charge in [-0.05, 0) is 29.7 Å². The third-order valence-electron chi connectivity index (χ3n) is 7.80. The molecule has 212 valence electrons. The van der Waals surface area contributed by atoms with Crippen LogP contribution in [0.4, 0.5) is 0 Å². The number of aliphatic hydroxyl groups is 2. The molecule has 0 radical (unpaired) electrons. The average molecular weight is 607 g/mol. The van der Waals surface area contributed by atoms with Crippen molar-refractivity contribution in [2.45, 2.75) is 49.9 Å². The Morgan fingerprint density at radius 3 is 2.00 bits per heavy atom. The summed E-state index contributed by atoms with van der Waals surface area (Å²) >= 11 is 3.43. The maximum Gasteiger partial charge on any atom is 0.346 e. The molecular formula is C26H38BrN8O4+. The molecule has 4 atom stereocenters. The van der Waals surface area contributed by atoms with Crippen molar-refractivity contribution in [3.63, 3.8) is 0 Å². The fourth-order valence-electron chi connectivity index (χ4n) is 5.44. The average Bonchev–Trinajstić information content (AvgIpc) is 2.97. The van der Waals surface area contributed by atoms with E-state index in [0.717, 1.165) is 63.8 Å². The molecule has 1 amide bonds. The van der Waals surface area contributed by atoms with E-state index in [0.29, 0.717) is 28.7 Å². The molecule has 0 bridgehead atoms. The highest BCUT2D eigenvalue weighted by molar-refractivity contribution is 9.10. The van der Waals surface area contributed by atoms with Crippen LogP contribution in [-0.2, 0) is 0 Å². The summed E-state index contributed by atoms with van der Waals surface area (Å²) in [7, 11) is 0. The van der Waals surface area contributed by atoms with Crippen LogP contribution in [0.3, 0.4) is 0 Å². The highest BCUT2D eigenvalue weighted by Gasteiger charge is 2.32. The first-order valence-electron chi connectivity index (χ1n) is 13.7. The van der Waals surface area contributed by atoms with Gasteiger partial charge >= 0.3 is 11.9 Å². The van der Waals surface area contributed by atoms with Crippen molar-refractivity contribution >= 4 is 39.7 Å². The number of guanidine groups is 2. The number of carbonyl (C=O) groups is 1. The van der Waals surface area contributed by atoms with Crippen molar-refractivity contribution in [3.8, 4) is 0 Å². The Balaban J connectivity index is 1.16. The largest absolute Gasteiger partial charge is 0.858 e. The molecule has 12 nitrogen and oxygen atoms in total. The van der Waals surface area contributed by atoms with Gasteiger partial charge in [-0.25, -0.2) is 0 Å². The van der Waals surface area contributed by atoms with Crippen LogP contribution in [0.1, 0.15) is 41.6 Å². The SMILES string of the molecule is O=C(NC[C@@H]1CC[N+]2=C(N[C@H](CO)CC2)N1)c1cc(Br)cc(C([O-])=NC[C@@H]2CC[N+]3=C(N[C@H](CO)CC3)N2)c1. The van der Waals surface area contributed by atoms with Gasteiger partial charge < -0.3 is 20.6 Å². The lowest BCUT2D eigenvalue weighted by Gasteiger charge is -2.31. The summed E-state index contributed by atoms with van der Waals surface area (Å²) in [5.74, 6) is 1.19. The van der Waals surface area contributed by atoms with Crippen molar-refractivity contribution < 1.29 is 29.3 Å². The van der Waals surface area contributed by atoms with Crippen molar-refractivity contribution in [2.75, 3.05) is 52.5 Å². The number of hydrogen-bond donors (Lipinski definition) is 7. The van der Waals surface area contributed by atoms with Crippen molar-refractivity contribution in [3.05, 3.63) is 33.8 Å². The van der Waals surface area contributed by atoms with E-state index in [4.69, 9.17) is 0 Å². The topological polar surface area (TPSA) is 159 Å². The van der Waals surface area contributed by atoms with Crippen molar-refractivity contribution in [1.29, 1.82) is 0 Å². The lowest BCUT2D eigenvalue weighted by molar-refractivity contribution is -0.542. The van der Waals surface area contributed by atoms with Gasteiger partial charge in [-0.1, -0.05) is 15.9 Å². The smallest absolute Gasteiger partial charge is 0.346 e. The van der Waals surface area contributed by atoms with E-state index in [2.05, 4.69) is 56.7 Å². The lowest BCUT2D eigenvalue weighted by atomic mass is 10.1. The normalized spacial score (nSPS) is 26.9. The van der Waals surface area contributed by atoms with Crippen LogP contribution < -0.4 is 31.7 Å². The highest BCUT2D eigenvalue weighted by atomic mass is 79.9. The molecule has 13 heteroatoms. The van der Waals surface area contributed by atoms with E-state index < -0.39 is 0 Å². The Morgan fingerprint density at radius 2 is 1.38 bits per heavy atom. The molecule has 39 heavy (non-hydrogen) atoms. The summed E-state index contributed by atoms with van der Waals surface area (Å²) < 4.78 is 5.09. The van der Waals surface area contributed by atoms with E-state index in [1.54, 1.807) is 18.2 Å². The Bertz CT molecular complexity index is 1170. The second-order valence-corrected chi connectivity index (χ2v) is 11.6. The highest BCUT2D eigenvalue weighted by Crippen LogP contribution is 2.17. The Kier molecular flexibility index (Phi) is 8.88. The molecule has 0 unspecified atom stereocenters. The first kappa shape index (κ1) is 27.7. The third-order valence-corrected chi connectivity index (χ3v) is 8.26. The fraction of sp³-hybridized carbons (Fsp3) is 0.615. The Hall–Kier alpha value is -2.90. The molecule has 0 fully saturated rings. The zero-order valence-corrected chi connectivity index (χ0v) is 23.5. The maximum absolute atomic E-state index is 13.0. The predicted octanol–water partition coefficient (Wildman–Crippen LogP) is -2.54. The number of hydrogen-bond acceptors (Lipinski definition) is 9.